The van der Waals surface area contributed by atoms with Crippen LogP contribution in [0, 0.1) is 5.92 Å². The number of piperidine rings is 1. The van der Waals surface area contributed by atoms with Gasteiger partial charge in [0.1, 0.15) is 5.72 Å². The van der Waals surface area contributed by atoms with E-state index in [0.29, 0.717) is 12.8 Å². The van der Waals surface area contributed by atoms with Crippen molar-refractivity contribution in [3.8, 4) is 23.0 Å². The molecule has 212 valence electrons. The van der Waals surface area contributed by atoms with E-state index in [4.69, 9.17) is 23.7 Å². The lowest BCUT2D eigenvalue weighted by Crippen LogP contribution is -2.79. The van der Waals surface area contributed by atoms with Crippen LogP contribution in [0.3, 0.4) is 0 Å². The molecule has 1 saturated carbocycles. The molecule has 8 atom stereocenters. The van der Waals surface area contributed by atoms with Gasteiger partial charge in [-0.05, 0) is 60.4 Å². The van der Waals surface area contributed by atoms with Crippen LogP contribution in [0.15, 0.2) is 48.0 Å². The molecule has 7 aliphatic rings. The first-order valence-corrected chi connectivity index (χ1v) is 14.5. The number of hydrogen-bond acceptors (Lipinski definition) is 8. The monoisotopic (exact) mass is 546 g/mol. The van der Waals surface area contributed by atoms with Crippen molar-refractivity contribution in [2.24, 2.45) is 5.92 Å². The van der Waals surface area contributed by atoms with Crippen molar-refractivity contribution >= 4 is 0 Å². The molecule has 5 heterocycles. The zero-order valence-electron chi connectivity index (χ0n) is 23.7. The molecule has 0 amide bonds. The maximum atomic E-state index is 11.8. The van der Waals surface area contributed by atoms with Gasteiger partial charge in [0.15, 0.2) is 28.8 Å². The van der Waals surface area contributed by atoms with Crippen molar-refractivity contribution in [2.45, 2.75) is 66.5 Å². The highest BCUT2D eigenvalue weighted by molar-refractivity contribution is 5.55. The maximum absolute atomic E-state index is 11.8. The number of aliphatic hydroxyl groups is 1. The van der Waals surface area contributed by atoms with E-state index in [2.05, 4.69) is 40.6 Å². The summed E-state index contributed by atoms with van der Waals surface area (Å²) in [6.45, 7) is 1.87. The third kappa shape index (κ3) is 2.85. The highest BCUT2D eigenvalue weighted by atomic mass is 16.7. The van der Waals surface area contributed by atoms with Crippen LogP contribution in [-0.2, 0) is 15.6 Å². The first kappa shape index (κ1) is 25.0. The van der Waals surface area contributed by atoms with E-state index in [-0.39, 0.29) is 28.8 Å². The molecule has 2 aromatic rings. The van der Waals surface area contributed by atoms with E-state index in [1.165, 1.54) is 16.7 Å². The van der Waals surface area contributed by atoms with E-state index in [1.54, 1.807) is 28.4 Å². The molecule has 2 aliphatic carbocycles. The molecule has 8 nitrogen and oxygen atoms in total. The molecule has 9 rings (SSSR count). The van der Waals surface area contributed by atoms with Gasteiger partial charge in [-0.2, -0.15) is 0 Å². The molecule has 0 radical (unpaired) electrons. The second-order valence-electron chi connectivity index (χ2n) is 12.5. The van der Waals surface area contributed by atoms with Gasteiger partial charge in [-0.3, -0.25) is 4.90 Å². The Balaban J connectivity index is 1.33. The van der Waals surface area contributed by atoms with Gasteiger partial charge in [-0.1, -0.05) is 18.2 Å². The molecule has 8 heteroatoms. The lowest BCUT2D eigenvalue weighted by Gasteiger charge is -2.71. The highest BCUT2D eigenvalue weighted by Gasteiger charge is 2.77. The molecule has 40 heavy (non-hydrogen) atoms. The number of fused-ring (bicyclic) bond motifs is 1. The summed E-state index contributed by atoms with van der Waals surface area (Å²) >= 11 is 0. The molecular formula is C32H38N2O6. The molecule has 0 aromatic heterocycles. The van der Waals surface area contributed by atoms with Gasteiger partial charge in [0.25, 0.3) is 0 Å². The Morgan fingerprint density at radius 2 is 1.52 bits per heavy atom. The fourth-order valence-corrected chi connectivity index (χ4v) is 9.76. The number of nitrogens with zero attached hydrogens (tertiary/aromatic N) is 1. The summed E-state index contributed by atoms with van der Waals surface area (Å²) < 4.78 is 29.5. The second-order valence-corrected chi connectivity index (χ2v) is 12.5. The molecular weight excluding hydrogens is 508 g/mol. The van der Waals surface area contributed by atoms with Gasteiger partial charge in [-0.25, -0.2) is 0 Å². The van der Waals surface area contributed by atoms with Gasteiger partial charge in [0.05, 0.1) is 28.4 Å². The van der Waals surface area contributed by atoms with E-state index in [0.717, 1.165) is 55.4 Å². The smallest absolute Gasteiger partial charge is 0.170 e. The van der Waals surface area contributed by atoms with Crippen molar-refractivity contribution in [1.82, 2.24) is 10.2 Å². The predicted molar refractivity (Wildman–Crippen MR) is 148 cm³/mol. The summed E-state index contributed by atoms with van der Waals surface area (Å²) in [4.78, 5) is 2.60. The van der Waals surface area contributed by atoms with Crippen molar-refractivity contribution in [3.05, 3.63) is 59.2 Å². The van der Waals surface area contributed by atoms with Crippen LogP contribution in [0.25, 0.3) is 0 Å². The Bertz CT molecular complexity index is 1430. The topological polar surface area (TPSA) is 81.7 Å². The SMILES string of the molecule is COc1ccc([C@@]23CCN4[C@@H]2C[C@]2(O)C[C@@H]3C3=C[C@]5(c6ccc(OC)c(OC)c6)CCN[C@@H]5C[C@]34O2)cc1OC. The van der Waals surface area contributed by atoms with E-state index in [1.807, 2.05) is 12.1 Å². The summed E-state index contributed by atoms with van der Waals surface area (Å²) in [5, 5.41) is 15.6. The fraction of sp³-hybridized carbons (Fsp3) is 0.562. The number of ether oxygens (including phenoxy) is 5. The van der Waals surface area contributed by atoms with Gasteiger partial charge >= 0.3 is 0 Å². The molecule has 6 fully saturated rings. The third-order valence-corrected chi connectivity index (χ3v) is 11.3. The van der Waals surface area contributed by atoms with Crippen LogP contribution >= 0.6 is 0 Å². The Kier molecular flexibility index (Phi) is 5.09. The van der Waals surface area contributed by atoms with Crippen LogP contribution in [0.1, 0.15) is 43.2 Å². The predicted octanol–water partition coefficient (Wildman–Crippen LogP) is 3.50. The molecule has 2 aromatic carbocycles. The van der Waals surface area contributed by atoms with Crippen LogP contribution < -0.4 is 24.3 Å². The van der Waals surface area contributed by atoms with Crippen LogP contribution in [0.5, 0.6) is 23.0 Å². The first-order valence-electron chi connectivity index (χ1n) is 14.5. The number of methoxy groups -OCH3 is 4. The minimum atomic E-state index is -1.10. The number of nitrogens with one attached hydrogen (secondary N) is 1. The Hall–Kier alpha value is -2.78. The Morgan fingerprint density at radius 1 is 0.850 bits per heavy atom. The largest absolute Gasteiger partial charge is 0.493 e. The van der Waals surface area contributed by atoms with Crippen LogP contribution in [0.4, 0.5) is 0 Å². The van der Waals surface area contributed by atoms with E-state index >= 15 is 0 Å². The van der Waals surface area contributed by atoms with E-state index < -0.39 is 11.5 Å². The Morgan fingerprint density at radius 3 is 2.23 bits per heavy atom. The normalized spacial score (nSPS) is 41.8. The molecule has 1 spiro atoms. The molecule has 5 saturated heterocycles. The molecule has 6 bridgehead atoms. The molecule has 2 N–H and O–H groups in total. The van der Waals surface area contributed by atoms with Crippen LogP contribution in [-0.4, -0.2) is 75.1 Å². The first-order chi connectivity index (χ1) is 19.4. The lowest BCUT2D eigenvalue weighted by molar-refractivity contribution is -0.384. The standard InChI is InChI=1S/C32H38N2O6/c1-36-23-7-5-19(13-25(23)38-3)29-9-11-33-27(29)17-32-22(15-29)21-16-30(35,40-32)18-28-31(21,10-12-34(28)32)20-6-8-24(37-2)26(14-20)39-4/h5-8,13-15,21,27-28,33,35H,9-12,16-18H2,1-4H3/t21-,27-,28-,29+,30+,31-,32+/m1/s1. The van der Waals surface area contributed by atoms with Gasteiger partial charge in [0.2, 0.25) is 0 Å². The fourth-order valence-electron chi connectivity index (χ4n) is 9.76. The van der Waals surface area contributed by atoms with Gasteiger partial charge in [0, 0.05) is 54.6 Å². The molecule has 5 aliphatic heterocycles. The lowest BCUT2D eigenvalue weighted by atomic mass is 9.49. The molecule has 1 unspecified atom stereocenters. The van der Waals surface area contributed by atoms with Crippen molar-refractivity contribution < 1.29 is 28.8 Å². The van der Waals surface area contributed by atoms with Gasteiger partial charge < -0.3 is 34.1 Å². The number of benzene rings is 2. The summed E-state index contributed by atoms with van der Waals surface area (Å²) in [5.41, 5.74) is 2.95. The van der Waals surface area contributed by atoms with Crippen LogP contribution in [0.2, 0.25) is 0 Å². The Labute approximate surface area is 235 Å². The summed E-state index contributed by atoms with van der Waals surface area (Å²) in [6, 6.07) is 13.2. The van der Waals surface area contributed by atoms with Crippen molar-refractivity contribution in [3.63, 3.8) is 0 Å². The summed E-state index contributed by atoms with van der Waals surface area (Å²) in [7, 11) is 6.75. The minimum Gasteiger partial charge on any atom is -0.493 e. The summed E-state index contributed by atoms with van der Waals surface area (Å²) in [6.07, 6.45) is 6.62. The third-order valence-electron chi connectivity index (χ3n) is 11.3. The summed E-state index contributed by atoms with van der Waals surface area (Å²) in [5.74, 6) is 2.05. The van der Waals surface area contributed by atoms with Crippen molar-refractivity contribution in [2.75, 3.05) is 41.5 Å². The average molecular weight is 547 g/mol. The average Bonchev–Trinajstić information content (AvgIpc) is 3.55. The maximum Gasteiger partial charge on any atom is 0.170 e. The van der Waals surface area contributed by atoms with Crippen molar-refractivity contribution in [1.29, 1.82) is 0 Å². The quantitative estimate of drug-likeness (QED) is 0.533. The second kappa shape index (κ2) is 8.16. The zero-order chi connectivity index (χ0) is 27.5. The zero-order valence-corrected chi connectivity index (χ0v) is 23.7. The van der Waals surface area contributed by atoms with Gasteiger partial charge in [-0.15, -0.1) is 0 Å². The van der Waals surface area contributed by atoms with E-state index in [9.17, 15) is 5.11 Å². The minimum absolute atomic E-state index is 0.122. The number of hydrogen-bond donors (Lipinski definition) is 2. The number of rotatable bonds is 6. The highest BCUT2D eigenvalue weighted by Crippen LogP contribution is 2.71.